The highest BCUT2D eigenvalue weighted by Crippen LogP contribution is 2.42. The fourth-order valence-corrected chi connectivity index (χ4v) is 5.00. The maximum Gasteiger partial charge on any atom is 0.238 e. The molecule has 1 aromatic heterocycles. The van der Waals surface area contributed by atoms with Gasteiger partial charge in [0.15, 0.2) is 11.5 Å². The molecular formula is C23H22ClFN2O3S. The average molecular weight is 461 g/mol. The van der Waals surface area contributed by atoms with Crippen LogP contribution in [0.3, 0.4) is 0 Å². The van der Waals surface area contributed by atoms with Crippen molar-refractivity contribution < 1.29 is 18.7 Å². The molecule has 0 fully saturated rings. The highest BCUT2D eigenvalue weighted by atomic mass is 35.5. The van der Waals surface area contributed by atoms with Crippen LogP contribution in [0, 0.1) is 5.82 Å². The second-order valence-electron chi connectivity index (χ2n) is 7.22. The Morgan fingerprint density at radius 2 is 2.00 bits per heavy atom. The Morgan fingerprint density at radius 3 is 2.68 bits per heavy atom. The number of rotatable bonds is 6. The molecule has 0 saturated heterocycles. The summed E-state index contributed by atoms with van der Waals surface area (Å²) in [5.41, 5.74) is 2.66. The fourth-order valence-electron chi connectivity index (χ4n) is 3.91. The number of halogens is 2. The van der Waals surface area contributed by atoms with Crippen LogP contribution in [0.2, 0.25) is 5.02 Å². The molecule has 4 rings (SSSR count). The molecule has 1 amide bonds. The highest BCUT2D eigenvalue weighted by Gasteiger charge is 2.32. The molecule has 0 spiro atoms. The van der Waals surface area contributed by atoms with E-state index in [4.69, 9.17) is 21.1 Å². The van der Waals surface area contributed by atoms with Gasteiger partial charge in [0.25, 0.3) is 0 Å². The molecule has 31 heavy (non-hydrogen) atoms. The first-order chi connectivity index (χ1) is 15.0. The third kappa shape index (κ3) is 4.54. The number of benzene rings is 2. The molecule has 0 unspecified atom stereocenters. The zero-order chi connectivity index (χ0) is 22.0. The molecular weight excluding hydrogens is 439 g/mol. The van der Waals surface area contributed by atoms with Crippen LogP contribution >= 0.6 is 22.9 Å². The van der Waals surface area contributed by atoms with Crippen LogP contribution in [0.4, 0.5) is 10.1 Å². The van der Waals surface area contributed by atoms with Crippen molar-refractivity contribution in [2.45, 2.75) is 12.5 Å². The van der Waals surface area contributed by atoms with Crippen molar-refractivity contribution >= 4 is 34.5 Å². The van der Waals surface area contributed by atoms with Gasteiger partial charge in [-0.25, -0.2) is 4.39 Å². The van der Waals surface area contributed by atoms with E-state index in [0.717, 1.165) is 16.9 Å². The van der Waals surface area contributed by atoms with Crippen LogP contribution in [-0.2, 0) is 11.2 Å². The molecule has 5 nitrogen and oxygen atoms in total. The first-order valence-corrected chi connectivity index (χ1v) is 11.0. The van der Waals surface area contributed by atoms with Gasteiger partial charge in [-0.05, 0) is 59.3 Å². The lowest BCUT2D eigenvalue weighted by atomic mass is 9.91. The van der Waals surface area contributed by atoms with Gasteiger partial charge < -0.3 is 14.8 Å². The van der Waals surface area contributed by atoms with E-state index in [1.165, 1.54) is 23.8 Å². The molecule has 2 heterocycles. The van der Waals surface area contributed by atoms with Crippen molar-refractivity contribution in [3.05, 3.63) is 74.7 Å². The number of ether oxygens (including phenoxy) is 2. The molecule has 3 aromatic rings. The van der Waals surface area contributed by atoms with Gasteiger partial charge >= 0.3 is 0 Å². The molecule has 1 aliphatic rings. The standard InChI is InChI=1S/C23H22ClFN2O3S/c1-29-19-10-14-7-8-27(13-22(28)26-18-6-5-15(25)11-17(18)24)23(21-4-3-9-31-21)16(14)12-20(19)30-2/h3-6,9-12,23H,7-8,13H2,1-2H3,(H,26,28)/t23-/m0/s1. The molecule has 0 radical (unpaired) electrons. The number of methoxy groups -OCH3 is 2. The molecule has 162 valence electrons. The second kappa shape index (κ2) is 9.26. The summed E-state index contributed by atoms with van der Waals surface area (Å²) in [6.07, 6.45) is 0.780. The Labute approximate surface area is 189 Å². The third-order valence-corrected chi connectivity index (χ3v) is 6.58. The van der Waals surface area contributed by atoms with Gasteiger partial charge in [0, 0.05) is 11.4 Å². The maximum absolute atomic E-state index is 13.3. The number of nitrogens with one attached hydrogen (secondary N) is 1. The SMILES string of the molecule is COc1cc2c(cc1OC)[C@@H](c1cccs1)N(CC(=O)Nc1ccc(F)cc1Cl)CC2. The van der Waals surface area contributed by atoms with E-state index in [0.29, 0.717) is 23.7 Å². The lowest BCUT2D eigenvalue weighted by Gasteiger charge is -2.37. The van der Waals surface area contributed by atoms with Crippen molar-refractivity contribution in [3.8, 4) is 11.5 Å². The summed E-state index contributed by atoms with van der Waals surface area (Å²) in [5, 5.41) is 4.99. The zero-order valence-electron chi connectivity index (χ0n) is 17.2. The largest absolute Gasteiger partial charge is 0.493 e. The Bertz CT molecular complexity index is 1090. The summed E-state index contributed by atoms with van der Waals surface area (Å²) in [6.45, 7) is 0.875. The van der Waals surface area contributed by atoms with Crippen molar-refractivity contribution in [2.24, 2.45) is 0 Å². The minimum absolute atomic E-state index is 0.0852. The maximum atomic E-state index is 13.3. The molecule has 1 N–H and O–H groups in total. The quantitative estimate of drug-likeness (QED) is 0.553. The van der Waals surface area contributed by atoms with E-state index in [9.17, 15) is 9.18 Å². The smallest absolute Gasteiger partial charge is 0.238 e. The number of thiophene rings is 1. The Hall–Kier alpha value is -2.61. The number of anilines is 1. The molecule has 0 bridgehead atoms. The minimum atomic E-state index is -0.447. The first-order valence-electron chi connectivity index (χ1n) is 9.77. The highest BCUT2D eigenvalue weighted by molar-refractivity contribution is 7.10. The number of carbonyl (C=O) groups excluding carboxylic acids is 1. The van der Waals surface area contributed by atoms with E-state index >= 15 is 0 Å². The Balaban J connectivity index is 1.62. The summed E-state index contributed by atoms with van der Waals surface area (Å²) in [7, 11) is 3.24. The van der Waals surface area contributed by atoms with Gasteiger partial charge in [0.2, 0.25) is 5.91 Å². The molecule has 2 aromatic carbocycles. The first kappa shape index (κ1) is 21.6. The summed E-state index contributed by atoms with van der Waals surface area (Å²) in [4.78, 5) is 16.1. The number of amides is 1. The fraction of sp³-hybridized carbons (Fsp3) is 0.261. The topological polar surface area (TPSA) is 50.8 Å². The van der Waals surface area contributed by atoms with E-state index in [1.54, 1.807) is 25.6 Å². The predicted octanol–water partition coefficient (Wildman–Crippen LogP) is 5.14. The number of carbonyl (C=O) groups is 1. The van der Waals surface area contributed by atoms with Gasteiger partial charge in [-0.1, -0.05) is 17.7 Å². The summed E-state index contributed by atoms with van der Waals surface area (Å²) < 4.78 is 24.3. The summed E-state index contributed by atoms with van der Waals surface area (Å²) >= 11 is 7.71. The summed E-state index contributed by atoms with van der Waals surface area (Å²) in [6, 6.07) is 11.9. The van der Waals surface area contributed by atoms with Gasteiger partial charge in [-0.2, -0.15) is 0 Å². The molecule has 0 aliphatic carbocycles. The van der Waals surface area contributed by atoms with E-state index in [2.05, 4.69) is 16.3 Å². The van der Waals surface area contributed by atoms with Crippen molar-refractivity contribution in [1.29, 1.82) is 0 Å². The lowest BCUT2D eigenvalue weighted by Crippen LogP contribution is -2.41. The Kier molecular flexibility index (Phi) is 6.46. The molecule has 8 heteroatoms. The van der Waals surface area contributed by atoms with Crippen LogP contribution in [0.5, 0.6) is 11.5 Å². The van der Waals surface area contributed by atoms with Crippen LogP contribution in [0.1, 0.15) is 22.0 Å². The van der Waals surface area contributed by atoms with Crippen LogP contribution in [0.25, 0.3) is 0 Å². The van der Waals surface area contributed by atoms with E-state index < -0.39 is 5.82 Å². The number of nitrogens with zero attached hydrogens (tertiary/aromatic N) is 1. The second-order valence-corrected chi connectivity index (χ2v) is 8.60. The monoisotopic (exact) mass is 460 g/mol. The lowest BCUT2D eigenvalue weighted by molar-refractivity contribution is -0.117. The number of fused-ring (bicyclic) bond motifs is 1. The summed E-state index contributed by atoms with van der Waals surface area (Å²) in [5.74, 6) is 0.701. The zero-order valence-corrected chi connectivity index (χ0v) is 18.7. The minimum Gasteiger partial charge on any atom is -0.493 e. The van der Waals surface area contributed by atoms with Crippen LogP contribution < -0.4 is 14.8 Å². The Morgan fingerprint density at radius 1 is 1.23 bits per heavy atom. The number of hydrogen-bond acceptors (Lipinski definition) is 5. The third-order valence-electron chi connectivity index (χ3n) is 5.34. The number of hydrogen-bond donors (Lipinski definition) is 1. The van der Waals surface area contributed by atoms with Gasteiger partial charge in [0.05, 0.1) is 37.5 Å². The average Bonchev–Trinajstić information content (AvgIpc) is 3.29. The van der Waals surface area contributed by atoms with Gasteiger partial charge in [0.1, 0.15) is 5.82 Å². The predicted molar refractivity (Wildman–Crippen MR) is 121 cm³/mol. The normalized spacial score (nSPS) is 15.9. The van der Waals surface area contributed by atoms with Crippen LogP contribution in [-0.4, -0.2) is 38.1 Å². The van der Waals surface area contributed by atoms with Crippen molar-refractivity contribution in [3.63, 3.8) is 0 Å². The molecule has 0 saturated carbocycles. The van der Waals surface area contributed by atoms with Gasteiger partial charge in [-0.15, -0.1) is 11.3 Å². The van der Waals surface area contributed by atoms with Crippen molar-refractivity contribution in [2.75, 3.05) is 32.6 Å². The van der Waals surface area contributed by atoms with E-state index in [1.807, 2.05) is 23.6 Å². The van der Waals surface area contributed by atoms with Crippen LogP contribution in [0.15, 0.2) is 47.8 Å². The van der Waals surface area contributed by atoms with E-state index in [-0.39, 0.29) is 23.5 Å². The van der Waals surface area contributed by atoms with Gasteiger partial charge in [-0.3, -0.25) is 9.69 Å². The molecule has 1 aliphatic heterocycles. The van der Waals surface area contributed by atoms with Crippen molar-refractivity contribution in [1.82, 2.24) is 4.90 Å². The molecule has 1 atom stereocenters.